The van der Waals surface area contributed by atoms with Crippen LogP contribution < -0.4 is 5.73 Å². The highest BCUT2D eigenvalue weighted by molar-refractivity contribution is 5.97. The average molecular weight is 292 g/mol. The smallest absolute Gasteiger partial charge is 0.170 e. The molecule has 0 unspecified atom stereocenters. The van der Waals surface area contributed by atoms with Crippen LogP contribution in [0, 0.1) is 11.6 Å². The molecule has 5 nitrogen and oxygen atoms in total. The summed E-state index contributed by atoms with van der Waals surface area (Å²) in [7, 11) is 0. The molecule has 7 heteroatoms. The Hall–Kier alpha value is -2.44. The van der Waals surface area contributed by atoms with Gasteiger partial charge in [-0.1, -0.05) is 5.16 Å². The lowest BCUT2D eigenvalue weighted by atomic mass is 10.0. The van der Waals surface area contributed by atoms with Crippen LogP contribution in [0.2, 0.25) is 0 Å². The first-order valence-electron chi connectivity index (χ1n) is 6.64. The van der Waals surface area contributed by atoms with E-state index in [1.54, 1.807) is 0 Å². The molecule has 3 N–H and O–H groups in total. The van der Waals surface area contributed by atoms with Crippen LogP contribution in [0.4, 0.5) is 8.78 Å². The Labute approximate surface area is 119 Å². The van der Waals surface area contributed by atoms with Crippen molar-refractivity contribution in [2.75, 3.05) is 0 Å². The van der Waals surface area contributed by atoms with E-state index in [1.165, 1.54) is 10.9 Å². The third kappa shape index (κ3) is 2.24. The van der Waals surface area contributed by atoms with Gasteiger partial charge in [0.15, 0.2) is 17.5 Å². The lowest BCUT2D eigenvalue weighted by Gasteiger charge is -2.15. The van der Waals surface area contributed by atoms with E-state index in [2.05, 4.69) is 10.1 Å². The predicted molar refractivity (Wildman–Crippen MR) is 72.6 cm³/mol. The number of rotatable bonds is 2. The molecule has 0 spiro atoms. The Balaban J connectivity index is 2.13. The first-order chi connectivity index (χ1) is 10.1. The maximum Gasteiger partial charge on any atom is 0.170 e. The molecule has 1 aromatic heterocycles. The number of benzene rings is 1. The molecule has 21 heavy (non-hydrogen) atoms. The molecular formula is C14H14F2N4O. The molecule has 1 heterocycles. The second kappa shape index (κ2) is 5.16. The third-order valence-electron chi connectivity index (χ3n) is 3.69. The molecule has 0 atom stereocenters. The zero-order valence-electron chi connectivity index (χ0n) is 11.2. The van der Waals surface area contributed by atoms with Gasteiger partial charge in [-0.05, 0) is 37.8 Å². The van der Waals surface area contributed by atoms with Crippen molar-refractivity contribution in [3.63, 3.8) is 0 Å². The van der Waals surface area contributed by atoms with Crippen LogP contribution in [0.15, 0.2) is 23.6 Å². The quantitative estimate of drug-likeness (QED) is 0.385. The molecule has 2 aromatic rings. The van der Waals surface area contributed by atoms with Crippen LogP contribution in [-0.2, 0) is 12.8 Å². The molecule has 0 amide bonds. The van der Waals surface area contributed by atoms with Crippen LogP contribution in [0.25, 0.3) is 5.69 Å². The third-order valence-corrected chi connectivity index (χ3v) is 3.69. The van der Waals surface area contributed by atoms with E-state index < -0.39 is 11.6 Å². The number of amidine groups is 1. The second-order valence-corrected chi connectivity index (χ2v) is 4.99. The number of halogens is 2. The molecule has 3 rings (SSSR count). The molecule has 1 aliphatic rings. The number of nitrogens with two attached hydrogens (primary N) is 1. The first-order valence-corrected chi connectivity index (χ1v) is 6.64. The van der Waals surface area contributed by atoms with Gasteiger partial charge in [0, 0.05) is 11.3 Å². The van der Waals surface area contributed by atoms with Crippen molar-refractivity contribution in [3.8, 4) is 5.69 Å². The van der Waals surface area contributed by atoms with Crippen LogP contribution in [0.1, 0.15) is 29.8 Å². The number of aryl methyl sites for hydroxylation is 1. The van der Waals surface area contributed by atoms with Crippen LogP contribution >= 0.6 is 0 Å². The lowest BCUT2D eigenvalue weighted by Crippen LogP contribution is -2.15. The number of imidazole rings is 1. The van der Waals surface area contributed by atoms with Crippen molar-refractivity contribution >= 4 is 5.84 Å². The maximum atomic E-state index is 14.3. The van der Waals surface area contributed by atoms with Gasteiger partial charge in [0.05, 0.1) is 12.0 Å². The van der Waals surface area contributed by atoms with Gasteiger partial charge in [-0.2, -0.15) is 0 Å². The highest BCUT2D eigenvalue weighted by Crippen LogP contribution is 2.26. The molecule has 0 aliphatic heterocycles. The first kappa shape index (κ1) is 13.5. The van der Waals surface area contributed by atoms with E-state index in [0.717, 1.165) is 49.2 Å². The van der Waals surface area contributed by atoms with Crippen LogP contribution in [0.3, 0.4) is 0 Å². The van der Waals surface area contributed by atoms with Gasteiger partial charge < -0.3 is 10.9 Å². The van der Waals surface area contributed by atoms with Crippen molar-refractivity contribution in [1.29, 1.82) is 0 Å². The van der Waals surface area contributed by atoms with Crippen LogP contribution in [-0.4, -0.2) is 20.6 Å². The summed E-state index contributed by atoms with van der Waals surface area (Å²) >= 11 is 0. The van der Waals surface area contributed by atoms with Gasteiger partial charge in [-0.3, -0.25) is 4.57 Å². The molecule has 110 valence electrons. The van der Waals surface area contributed by atoms with E-state index in [1.807, 2.05) is 0 Å². The Bertz CT molecular complexity index is 701. The minimum Gasteiger partial charge on any atom is -0.409 e. The molecule has 0 radical (unpaired) electrons. The van der Waals surface area contributed by atoms with Crippen molar-refractivity contribution in [1.82, 2.24) is 9.55 Å². The molecule has 0 fully saturated rings. The topological polar surface area (TPSA) is 76.4 Å². The molecule has 1 aliphatic carbocycles. The highest BCUT2D eigenvalue weighted by Gasteiger charge is 2.21. The van der Waals surface area contributed by atoms with Gasteiger partial charge >= 0.3 is 0 Å². The highest BCUT2D eigenvalue weighted by atomic mass is 19.1. The zero-order valence-corrected chi connectivity index (χ0v) is 11.2. The molecule has 0 saturated heterocycles. The number of hydrogen-bond acceptors (Lipinski definition) is 3. The summed E-state index contributed by atoms with van der Waals surface area (Å²) in [5, 5.41) is 11.3. The van der Waals surface area contributed by atoms with E-state index >= 15 is 0 Å². The van der Waals surface area contributed by atoms with Gasteiger partial charge in [-0.25, -0.2) is 13.8 Å². The van der Waals surface area contributed by atoms with Crippen LogP contribution in [0.5, 0.6) is 0 Å². The second-order valence-electron chi connectivity index (χ2n) is 4.99. The molecule has 0 saturated carbocycles. The summed E-state index contributed by atoms with van der Waals surface area (Å²) in [6.45, 7) is 0. The summed E-state index contributed by atoms with van der Waals surface area (Å²) in [6.07, 6.45) is 5.03. The number of fused-ring (bicyclic) bond motifs is 1. The van der Waals surface area contributed by atoms with Crippen molar-refractivity contribution in [2.45, 2.75) is 25.7 Å². The zero-order chi connectivity index (χ0) is 15.0. The van der Waals surface area contributed by atoms with E-state index in [-0.39, 0.29) is 17.1 Å². The predicted octanol–water partition coefficient (Wildman–Crippen LogP) is 2.12. The van der Waals surface area contributed by atoms with Gasteiger partial charge in [-0.15, -0.1) is 0 Å². The normalized spacial score (nSPS) is 15.0. The molecule has 0 bridgehead atoms. The van der Waals surface area contributed by atoms with Gasteiger partial charge in [0.1, 0.15) is 5.69 Å². The largest absolute Gasteiger partial charge is 0.409 e. The van der Waals surface area contributed by atoms with Crippen molar-refractivity contribution in [2.24, 2.45) is 10.9 Å². The minimum atomic E-state index is -0.776. The van der Waals surface area contributed by atoms with Crippen molar-refractivity contribution in [3.05, 3.63) is 47.0 Å². The van der Waals surface area contributed by atoms with Crippen molar-refractivity contribution < 1.29 is 14.0 Å². The van der Waals surface area contributed by atoms with Gasteiger partial charge in [0.2, 0.25) is 0 Å². The monoisotopic (exact) mass is 292 g/mol. The summed E-state index contributed by atoms with van der Waals surface area (Å²) in [5.41, 5.74) is 6.90. The maximum absolute atomic E-state index is 14.3. The Kier molecular flexibility index (Phi) is 3.32. The fourth-order valence-corrected chi connectivity index (χ4v) is 2.66. The van der Waals surface area contributed by atoms with E-state index in [4.69, 9.17) is 10.9 Å². The molecule has 1 aromatic carbocycles. The SMILES string of the molecule is N/C(=N/O)c1cc(F)c(-n2cnc3c2CCCC3)c(F)c1. The standard InChI is InChI=1S/C14H14F2N4O/c15-9-5-8(14(17)19-21)6-10(16)13(9)20-7-18-11-3-1-2-4-12(11)20/h5-7,21H,1-4H2,(H2,17,19). The lowest BCUT2D eigenvalue weighted by molar-refractivity contribution is 0.318. The number of hydrogen-bond donors (Lipinski definition) is 2. The molecular weight excluding hydrogens is 278 g/mol. The minimum absolute atomic E-state index is 0.00904. The fraction of sp³-hybridized carbons (Fsp3) is 0.286. The Morgan fingerprint density at radius 1 is 1.24 bits per heavy atom. The van der Waals surface area contributed by atoms with Gasteiger partial charge in [0.25, 0.3) is 0 Å². The number of aromatic nitrogens is 2. The van der Waals surface area contributed by atoms with E-state index in [9.17, 15) is 8.78 Å². The average Bonchev–Trinajstić information content (AvgIpc) is 2.90. The Morgan fingerprint density at radius 3 is 2.57 bits per heavy atom. The fourth-order valence-electron chi connectivity index (χ4n) is 2.66. The Morgan fingerprint density at radius 2 is 1.90 bits per heavy atom. The summed E-state index contributed by atoms with van der Waals surface area (Å²) in [6, 6.07) is 2.09. The number of oxime groups is 1. The summed E-state index contributed by atoms with van der Waals surface area (Å²) < 4.78 is 30.0. The summed E-state index contributed by atoms with van der Waals surface area (Å²) in [4.78, 5) is 4.23. The van der Waals surface area contributed by atoms with E-state index in [0.29, 0.717) is 0 Å². The number of nitrogens with zero attached hydrogens (tertiary/aromatic N) is 3. The summed E-state index contributed by atoms with van der Waals surface area (Å²) in [5.74, 6) is -1.89.